The van der Waals surface area contributed by atoms with E-state index < -0.39 is 21.2 Å². The summed E-state index contributed by atoms with van der Waals surface area (Å²) in [4.78, 5) is 13.5. The van der Waals surface area contributed by atoms with Crippen LogP contribution in [0.1, 0.15) is 0 Å². The van der Waals surface area contributed by atoms with Crippen LogP contribution in [0.3, 0.4) is 0 Å². The SMILES string of the molecule is CS(=O)(=O)c1ccc(-c2cnn(-c3cccc(Cl)c3)c(=O)c2Oc2ccc(F)cc2)cc1. The van der Waals surface area contributed by atoms with Gasteiger partial charge in [0.25, 0.3) is 0 Å². The van der Waals surface area contributed by atoms with Crippen molar-refractivity contribution in [2.24, 2.45) is 0 Å². The Kier molecular flexibility index (Phi) is 5.82. The number of hydrogen-bond donors (Lipinski definition) is 0. The molecule has 0 atom stereocenters. The average Bonchev–Trinajstić information content (AvgIpc) is 2.76. The lowest BCUT2D eigenvalue weighted by molar-refractivity contribution is 0.468. The molecule has 4 aromatic rings. The summed E-state index contributed by atoms with van der Waals surface area (Å²) < 4.78 is 43.8. The van der Waals surface area contributed by atoms with E-state index in [0.29, 0.717) is 21.8 Å². The minimum atomic E-state index is -3.38. The second kappa shape index (κ2) is 8.57. The van der Waals surface area contributed by atoms with Crippen LogP contribution in [0, 0.1) is 5.82 Å². The van der Waals surface area contributed by atoms with E-state index in [4.69, 9.17) is 16.3 Å². The van der Waals surface area contributed by atoms with Crippen LogP contribution < -0.4 is 10.3 Å². The van der Waals surface area contributed by atoms with Gasteiger partial charge in [0.05, 0.1) is 22.3 Å². The molecule has 0 aliphatic rings. The molecular weight excluding hydrogens is 455 g/mol. The maximum Gasteiger partial charge on any atom is 0.315 e. The summed E-state index contributed by atoms with van der Waals surface area (Å²) in [7, 11) is -3.38. The summed E-state index contributed by atoms with van der Waals surface area (Å²) in [5.41, 5.74) is 0.738. The third kappa shape index (κ3) is 4.56. The van der Waals surface area contributed by atoms with Gasteiger partial charge >= 0.3 is 5.56 Å². The molecule has 0 bridgehead atoms. The summed E-state index contributed by atoms with van der Waals surface area (Å²) in [6, 6.07) is 17.8. The van der Waals surface area contributed by atoms with Gasteiger partial charge in [-0.2, -0.15) is 9.78 Å². The van der Waals surface area contributed by atoms with Crippen molar-refractivity contribution < 1.29 is 17.5 Å². The molecule has 0 spiro atoms. The average molecular weight is 471 g/mol. The normalized spacial score (nSPS) is 11.3. The predicted octanol–water partition coefficient (Wildman–Crippen LogP) is 4.89. The Morgan fingerprint density at radius 3 is 2.31 bits per heavy atom. The molecule has 0 amide bonds. The van der Waals surface area contributed by atoms with Crippen LogP contribution in [-0.4, -0.2) is 24.5 Å². The third-order valence-corrected chi connectivity index (χ3v) is 5.98. The van der Waals surface area contributed by atoms with E-state index in [-0.39, 0.29) is 16.4 Å². The number of rotatable bonds is 5. The first kappa shape index (κ1) is 21.7. The van der Waals surface area contributed by atoms with Gasteiger partial charge in [-0.25, -0.2) is 12.8 Å². The highest BCUT2D eigenvalue weighted by atomic mass is 35.5. The number of nitrogens with zero attached hydrogens (tertiary/aromatic N) is 2. The largest absolute Gasteiger partial charge is 0.451 e. The number of halogens is 2. The molecule has 0 saturated carbocycles. The molecule has 1 heterocycles. The monoisotopic (exact) mass is 470 g/mol. The Hall–Kier alpha value is -3.49. The minimum Gasteiger partial charge on any atom is -0.451 e. The van der Waals surface area contributed by atoms with Crippen LogP contribution in [0.4, 0.5) is 4.39 Å². The summed E-state index contributed by atoms with van der Waals surface area (Å²) >= 11 is 6.05. The zero-order valence-electron chi connectivity index (χ0n) is 16.7. The zero-order valence-corrected chi connectivity index (χ0v) is 18.3. The second-order valence-electron chi connectivity index (χ2n) is 6.94. The van der Waals surface area contributed by atoms with Crippen molar-refractivity contribution in [3.8, 4) is 28.3 Å². The fourth-order valence-corrected chi connectivity index (χ4v) is 3.85. The minimum absolute atomic E-state index is 0.0568. The fourth-order valence-electron chi connectivity index (χ4n) is 3.04. The molecule has 0 unspecified atom stereocenters. The van der Waals surface area contributed by atoms with Gasteiger partial charge < -0.3 is 4.74 Å². The van der Waals surface area contributed by atoms with Crippen molar-refractivity contribution in [3.05, 3.63) is 100 Å². The van der Waals surface area contributed by atoms with Crippen LogP contribution in [0.25, 0.3) is 16.8 Å². The van der Waals surface area contributed by atoms with Crippen molar-refractivity contribution in [1.29, 1.82) is 0 Å². The molecular formula is C23H16ClFN2O4S. The Labute approximate surface area is 188 Å². The molecule has 0 aliphatic heterocycles. The van der Waals surface area contributed by atoms with Crippen molar-refractivity contribution in [3.63, 3.8) is 0 Å². The topological polar surface area (TPSA) is 78.3 Å². The zero-order chi connectivity index (χ0) is 22.9. The highest BCUT2D eigenvalue weighted by Crippen LogP contribution is 2.31. The van der Waals surface area contributed by atoms with Gasteiger partial charge in [0.2, 0.25) is 5.75 Å². The second-order valence-corrected chi connectivity index (χ2v) is 9.39. The Morgan fingerprint density at radius 1 is 1.00 bits per heavy atom. The molecule has 9 heteroatoms. The number of ether oxygens (including phenoxy) is 1. The smallest absolute Gasteiger partial charge is 0.315 e. The summed E-state index contributed by atoms with van der Waals surface area (Å²) in [5.74, 6) is -0.250. The van der Waals surface area contributed by atoms with Gasteiger partial charge in [-0.3, -0.25) is 4.79 Å². The Morgan fingerprint density at radius 2 is 1.69 bits per heavy atom. The van der Waals surface area contributed by atoms with Gasteiger partial charge in [0.1, 0.15) is 11.6 Å². The van der Waals surface area contributed by atoms with Crippen molar-refractivity contribution >= 4 is 21.4 Å². The van der Waals surface area contributed by atoms with Gasteiger partial charge in [0, 0.05) is 11.3 Å². The first-order valence-corrected chi connectivity index (χ1v) is 11.6. The van der Waals surface area contributed by atoms with Crippen molar-refractivity contribution in [2.45, 2.75) is 4.90 Å². The maximum atomic E-state index is 13.3. The molecule has 162 valence electrons. The molecule has 3 aromatic carbocycles. The number of sulfone groups is 1. The fraction of sp³-hybridized carbons (Fsp3) is 0.0435. The Bertz CT molecular complexity index is 1450. The molecule has 0 aliphatic carbocycles. The number of aromatic nitrogens is 2. The maximum absolute atomic E-state index is 13.3. The summed E-state index contributed by atoms with van der Waals surface area (Å²) in [5, 5.41) is 4.67. The van der Waals surface area contributed by atoms with Crippen molar-refractivity contribution in [1.82, 2.24) is 9.78 Å². The quantitative estimate of drug-likeness (QED) is 0.415. The van der Waals surface area contributed by atoms with Crippen LogP contribution in [0.15, 0.2) is 88.7 Å². The lowest BCUT2D eigenvalue weighted by Gasteiger charge is -2.14. The number of hydrogen-bond acceptors (Lipinski definition) is 5. The van der Waals surface area contributed by atoms with E-state index in [1.54, 1.807) is 36.4 Å². The predicted molar refractivity (Wildman–Crippen MR) is 120 cm³/mol. The molecule has 4 rings (SSSR count). The summed E-state index contributed by atoms with van der Waals surface area (Å²) in [6.07, 6.45) is 2.55. The molecule has 0 N–H and O–H groups in total. The Balaban J connectivity index is 1.88. The van der Waals surface area contributed by atoms with Crippen LogP contribution in [0.2, 0.25) is 5.02 Å². The van der Waals surface area contributed by atoms with E-state index in [1.165, 1.54) is 42.6 Å². The van der Waals surface area contributed by atoms with Gasteiger partial charge in [-0.05, 0) is 60.2 Å². The highest BCUT2D eigenvalue weighted by molar-refractivity contribution is 7.90. The van der Waals surface area contributed by atoms with Crippen molar-refractivity contribution in [2.75, 3.05) is 6.26 Å². The molecule has 0 fully saturated rings. The standard InChI is InChI=1S/C23H16ClFN2O4S/c1-32(29,30)20-11-5-15(6-12-20)21-14-26-27(18-4-2-3-16(24)13-18)23(28)22(21)31-19-9-7-17(25)8-10-19/h2-14H,1H3. The van der Waals surface area contributed by atoms with Crippen LogP contribution in [-0.2, 0) is 9.84 Å². The molecule has 0 saturated heterocycles. The lowest BCUT2D eigenvalue weighted by atomic mass is 10.1. The molecule has 0 radical (unpaired) electrons. The van der Waals surface area contributed by atoms with Gasteiger partial charge in [0.15, 0.2) is 9.84 Å². The van der Waals surface area contributed by atoms with E-state index in [1.807, 2.05) is 0 Å². The first-order valence-electron chi connectivity index (χ1n) is 9.34. The van der Waals surface area contributed by atoms with Gasteiger partial charge in [-0.1, -0.05) is 29.8 Å². The number of benzene rings is 3. The summed E-state index contributed by atoms with van der Waals surface area (Å²) in [6.45, 7) is 0. The van der Waals surface area contributed by atoms with E-state index in [9.17, 15) is 17.6 Å². The highest BCUT2D eigenvalue weighted by Gasteiger charge is 2.18. The van der Waals surface area contributed by atoms with Gasteiger partial charge in [-0.15, -0.1) is 0 Å². The molecule has 1 aromatic heterocycles. The first-order chi connectivity index (χ1) is 15.2. The lowest BCUT2D eigenvalue weighted by Crippen LogP contribution is -2.22. The van der Waals surface area contributed by atoms with Crippen LogP contribution in [0.5, 0.6) is 11.5 Å². The van der Waals surface area contributed by atoms with E-state index in [2.05, 4.69) is 5.10 Å². The molecule has 6 nitrogen and oxygen atoms in total. The van der Waals surface area contributed by atoms with E-state index in [0.717, 1.165) is 10.9 Å². The third-order valence-electron chi connectivity index (χ3n) is 4.61. The molecule has 32 heavy (non-hydrogen) atoms. The van der Waals surface area contributed by atoms with E-state index >= 15 is 0 Å². The van der Waals surface area contributed by atoms with Crippen LogP contribution >= 0.6 is 11.6 Å².